The van der Waals surface area contributed by atoms with Gasteiger partial charge >= 0.3 is 11.9 Å². The van der Waals surface area contributed by atoms with Crippen LogP contribution in [0.3, 0.4) is 0 Å². The summed E-state index contributed by atoms with van der Waals surface area (Å²) in [5.74, 6) is -2.07. The molecular formula is C22H31ClN2O8S. The molecule has 0 unspecified atom stereocenters. The zero-order chi connectivity index (χ0) is 25.9. The molecule has 0 bridgehead atoms. The first-order chi connectivity index (χ1) is 16.0. The molecule has 0 aliphatic carbocycles. The van der Waals surface area contributed by atoms with E-state index >= 15 is 0 Å². The summed E-state index contributed by atoms with van der Waals surface area (Å²) in [5, 5.41) is 3.52. The molecule has 0 saturated heterocycles. The number of halogens is 1. The Morgan fingerprint density at radius 2 is 1.79 bits per heavy atom. The van der Waals surface area contributed by atoms with E-state index < -0.39 is 28.0 Å². The lowest BCUT2D eigenvalue weighted by atomic mass is 9.80. The van der Waals surface area contributed by atoms with E-state index in [4.69, 9.17) is 36.1 Å². The minimum Gasteiger partial charge on any atom is -0.466 e. The van der Waals surface area contributed by atoms with Crippen LogP contribution >= 0.6 is 11.6 Å². The van der Waals surface area contributed by atoms with Crippen molar-refractivity contribution in [2.75, 3.05) is 39.2 Å². The van der Waals surface area contributed by atoms with Crippen molar-refractivity contribution in [3.63, 3.8) is 0 Å². The Hall–Kier alpha value is -2.44. The van der Waals surface area contributed by atoms with Gasteiger partial charge in [0.2, 0.25) is 0 Å². The van der Waals surface area contributed by atoms with E-state index in [0.717, 1.165) is 0 Å². The number of benzene rings is 1. The molecule has 1 aromatic carbocycles. The summed E-state index contributed by atoms with van der Waals surface area (Å²) < 4.78 is 42.7. The standard InChI is InChI=1S/C20H25ClN2O5.C2H6O3S/c1-4-28-20(25)18-15(11-27-10-9-22)23-12(2)16(19(24)26-3)17(18)13-7-5-6-8-14(13)21;1-2-6(3,4)5/h5-8,17,23H,4,9-11,22H2,1-3H3;2H2,1H3,(H,3,4,5)/t17-;/m0./s1. The van der Waals surface area contributed by atoms with Gasteiger partial charge in [0.15, 0.2) is 0 Å². The van der Waals surface area contributed by atoms with Crippen LogP contribution in [0.15, 0.2) is 46.8 Å². The quantitative estimate of drug-likeness (QED) is 0.251. The smallest absolute Gasteiger partial charge is 0.336 e. The molecule has 1 aromatic rings. The average molecular weight is 519 g/mol. The molecule has 0 amide bonds. The molecule has 4 N–H and O–H groups in total. The number of allylic oxidation sites excluding steroid dienone is 1. The number of esters is 2. The first-order valence-electron chi connectivity index (χ1n) is 10.5. The van der Waals surface area contributed by atoms with Gasteiger partial charge in [-0.25, -0.2) is 9.59 Å². The molecule has 0 radical (unpaired) electrons. The zero-order valence-corrected chi connectivity index (χ0v) is 21.2. The monoisotopic (exact) mass is 518 g/mol. The van der Waals surface area contributed by atoms with Gasteiger partial charge in [0.25, 0.3) is 10.1 Å². The molecule has 0 saturated carbocycles. The third-order valence-electron chi connectivity index (χ3n) is 4.64. The summed E-state index contributed by atoms with van der Waals surface area (Å²) >= 11 is 6.42. The maximum Gasteiger partial charge on any atom is 0.336 e. The molecule has 0 fully saturated rings. The molecule has 0 spiro atoms. The summed E-state index contributed by atoms with van der Waals surface area (Å²) in [7, 11) is -2.37. The van der Waals surface area contributed by atoms with E-state index in [-0.39, 0.29) is 24.5 Å². The molecular weight excluding hydrogens is 488 g/mol. The lowest BCUT2D eigenvalue weighted by Gasteiger charge is -2.31. The minimum atomic E-state index is -3.66. The fourth-order valence-electron chi connectivity index (χ4n) is 3.12. The topological polar surface area (TPSA) is 154 Å². The summed E-state index contributed by atoms with van der Waals surface area (Å²) in [6, 6.07) is 7.05. The Labute approximate surface area is 204 Å². The van der Waals surface area contributed by atoms with E-state index in [0.29, 0.717) is 40.7 Å². The van der Waals surface area contributed by atoms with Crippen LogP contribution in [-0.4, -0.2) is 64.1 Å². The fraction of sp³-hybridized carbons (Fsp3) is 0.455. The van der Waals surface area contributed by atoms with E-state index in [2.05, 4.69) is 5.32 Å². The van der Waals surface area contributed by atoms with Crippen molar-refractivity contribution in [3.05, 3.63) is 57.4 Å². The van der Waals surface area contributed by atoms with Crippen LogP contribution in [0.25, 0.3) is 0 Å². The molecule has 1 aliphatic heterocycles. The SMILES string of the molecule is CCOC(=O)C1=C(COCCN)NC(C)=C(C(=O)OC)[C@@H]1c1ccccc1Cl.CCS(=O)(=O)O. The molecule has 0 aromatic heterocycles. The predicted molar refractivity (Wildman–Crippen MR) is 128 cm³/mol. The number of methoxy groups -OCH3 is 1. The van der Waals surface area contributed by atoms with Gasteiger partial charge in [0.05, 0.1) is 55.4 Å². The normalized spacial score (nSPS) is 15.8. The summed E-state index contributed by atoms with van der Waals surface area (Å²) in [6.07, 6.45) is 0. The van der Waals surface area contributed by atoms with Crippen LogP contribution in [0.5, 0.6) is 0 Å². The maximum absolute atomic E-state index is 12.9. The number of nitrogens with two attached hydrogens (primary N) is 1. The number of hydrogen-bond acceptors (Lipinski definition) is 9. The van der Waals surface area contributed by atoms with Crippen LogP contribution in [0.2, 0.25) is 5.02 Å². The van der Waals surface area contributed by atoms with Gasteiger partial charge in [-0.05, 0) is 32.4 Å². The number of hydrogen-bond donors (Lipinski definition) is 3. The van der Waals surface area contributed by atoms with E-state index in [1.54, 1.807) is 38.1 Å². The van der Waals surface area contributed by atoms with Crippen LogP contribution in [-0.2, 0) is 33.9 Å². The van der Waals surface area contributed by atoms with Crippen molar-refractivity contribution in [1.82, 2.24) is 5.32 Å². The highest BCUT2D eigenvalue weighted by atomic mass is 35.5. The Kier molecular flexibility index (Phi) is 12.2. The molecule has 190 valence electrons. The number of carbonyl (C=O) groups is 2. The van der Waals surface area contributed by atoms with Gasteiger partial charge in [-0.1, -0.05) is 29.8 Å². The summed E-state index contributed by atoms with van der Waals surface area (Å²) in [5.41, 5.74) is 7.70. The van der Waals surface area contributed by atoms with Crippen LogP contribution in [0, 0.1) is 0 Å². The minimum absolute atomic E-state index is 0.109. The number of rotatable bonds is 9. The maximum atomic E-state index is 12.9. The molecule has 34 heavy (non-hydrogen) atoms. The number of ether oxygens (including phenoxy) is 3. The molecule has 1 heterocycles. The van der Waals surface area contributed by atoms with Crippen LogP contribution in [0.1, 0.15) is 32.3 Å². The number of carbonyl (C=O) groups excluding carboxylic acids is 2. The third kappa shape index (κ3) is 8.41. The highest BCUT2D eigenvalue weighted by Gasteiger charge is 2.39. The van der Waals surface area contributed by atoms with Crippen molar-refractivity contribution in [2.24, 2.45) is 5.73 Å². The summed E-state index contributed by atoms with van der Waals surface area (Å²) in [4.78, 5) is 25.5. The van der Waals surface area contributed by atoms with Crippen molar-refractivity contribution in [1.29, 1.82) is 0 Å². The van der Waals surface area contributed by atoms with Gasteiger partial charge in [0, 0.05) is 17.3 Å². The molecule has 12 heteroatoms. The second-order valence-electron chi connectivity index (χ2n) is 6.93. The Morgan fingerprint density at radius 3 is 2.29 bits per heavy atom. The Bertz CT molecular complexity index is 1040. The lowest BCUT2D eigenvalue weighted by molar-refractivity contribution is -0.139. The van der Waals surface area contributed by atoms with Gasteiger partial charge in [-0.3, -0.25) is 4.55 Å². The first-order valence-corrected chi connectivity index (χ1v) is 12.4. The molecule has 1 atom stereocenters. The van der Waals surface area contributed by atoms with Crippen molar-refractivity contribution in [2.45, 2.75) is 26.7 Å². The van der Waals surface area contributed by atoms with Crippen molar-refractivity contribution in [3.8, 4) is 0 Å². The fourth-order valence-corrected chi connectivity index (χ4v) is 3.36. The lowest BCUT2D eigenvalue weighted by Crippen LogP contribution is -2.35. The predicted octanol–water partition coefficient (Wildman–Crippen LogP) is 2.16. The van der Waals surface area contributed by atoms with Crippen LogP contribution in [0.4, 0.5) is 0 Å². The molecule has 1 aliphatic rings. The Morgan fingerprint density at radius 1 is 1.18 bits per heavy atom. The zero-order valence-electron chi connectivity index (χ0n) is 19.6. The highest BCUT2D eigenvalue weighted by Crippen LogP contribution is 2.41. The number of nitrogens with one attached hydrogen (secondary N) is 1. The Balaban J connectivity index is 0.000000852. The number of dihydropyridines is 1. The van der Waals surface area contributed by atoms with Crippen LogP contribution < -0.4 is 11.1 Å². The second kappa shape index (κ2) is 14.1. The summed E-state index contributed by atoms with van der Waals surface area (Å²) in [6.45, 7) is 5.79. The van der Waals surface area contributed by atoms with Gasteiger partial charge in [0.1, 0.15) is 0 Å². The van der Waals surface area contributed by atoms with Gasteiger partial charge in [-0.15, -0.1) is 0 Å². The van der Waals surface area contributed by atoms with Gasteiger partial charge in [-0.2, -0.15) is 8.42 Å². The van der Waals surface area contributed by atoms with E-state index in [1.807, 2.05) is 0 Å². The van der Waals surface area contributed by atoms with E-state index in [1.165, 1.54) is 14.0 Å². The van der Waals surface area contributed by atoms with Crippen molar-refractivity contribution < 1.29 is 36.8 Å². The largest absolute Gasteiger partial charge is 0.466 e. The average Bonchev–Trinajstić information content (AvgIpc) is 2.78. The second-order valence-corrected chi connectivity index (χ2v) is 9.08. The molecule has 10 nitrogen and oxygen atoms in total. The molecule has 2 rings (SSSR count). The first kappa shape index (κ1) is 29.6. The third-order valence-corrected chi connectivity index (χ3v) is 5.71. The highest BCUT2D eigenvalue weighted by molar-refractivity contribution is 7.85. The van der Waals surface area contributed by atoms with E-state index in [9.17, 15) is 18.0 Å². The van der Waals surface area contributed by atoms with Crippen molar-refractivity contribution >= 4 is 33.7 Å². The van der Waals surface area contributed by atoms with Gasteiger partial charge < -0.3 is 25.3 Å².